The number of aryl methyl sites for hydroxylation is 1. The number of hydrazine groups is 1. The molecule has 0 bridgehead atoms. The van der Waals surface area contributed by atoms with Gasteiger partial charge >= 0.3 is 0 Å². The van der Waals surface area contributed by atoms with Gasteiger partial charge in [-0.3, -0.25) is 5.43 Å². The van der Waals surface area contributed by atoms with Gasteiger partial charge in [-0.1, -0.05) is 30.3 Å². The van der Waals surface area contributed by atoms with Gasteiger partial charge in [0, 0.05) is 18.5 Å². The van der Waals surface area contributed by atoms with E-state index in [0.29, 0.717) is 12.5 Å². The molecule has 162 valence electrons. The van der Waals surface area contributed by atoms with Crippen LogP contribution in [0.1, 0.15) is 71.4 Å². The third-order valence-corrected chi connectivity index (χ3v) is 7.55. The molecule has 5 atom stereocenters. The van der Waals surface area contributed by atoms with Gasteiger partial charge in [-0.25, -0.2) is 9.82 Å². The molecular weight excluding hydrogens is 387 g/mol. The lowest BCUT2D eigenvalue weighted by atomic mass is 9.66. The van der Waals surface area contributed by atoms with Crippen molar-refractivity contribution < 1.29 is 4.39 Å². The second-order valence-electron chi connectivity index (χ2n) is 9.63. The highest BCUT2D eigenvalue weighted by atomic mass is 19.1. The fourth-order valence-corrected chi connectivity index (χ4v) is 5.86. The molecule has 0 aromatic heterocycles. The summed E-state index contributed by atoms with van der Waals surface area (Å²) >= 11 is 0. The molecule has 2 saturated carbocycles. The highest BCUT2D eigenvalue weighted by Gasteiger charge is 2.46. The standard InChI is InChI=1S/C26H31FN4/c1-15-9-16(14-29-2)10-23(27)25(15)21-12-22-24(11-20(21)13-28)30-31-26(22)19-7-5-18(6-8-19)17-3-4-17/h5-10,17,20-22,24,26,29-31H,3-4,11-12,14H2,1-2H3. The maximum Gasteiger partial charge on any atom is 0.127 e. The van der Waals surface area contributed by atoms with Crippen LogP contribution in [0.3, 0.4) is 0 Å². The molecule has 2 aliphatic carbocycles. The molecule has 1 heterocycles. The molecule has 5 rings (SSSR count). The van der Waals surface area contributed by atoms with Crippen LogP contribution in [0.4, 0.5) is 4.39 Å². The lowest BCUT2D eigenvalue weighted by Crippen LogP contribution is -2.39. The van der Waals surface area contributed by atoms with E-state index in [2.05, 4.69) is 52.6 Å². The second kappa shape index (κ2) is 8.35. The van der Waals surface area contributed by atoms with E-state index < -0.39 is 0 Å². The minimum atomic E-state index is -0.185. The first-order valence-electron chi connectivity index (χ1n) is 11.5. The Kier molecular flexibility index (Phi) is 5.56. The van der Waals surface area contributed by atoms with Crippen LogP contribution in [-0.2, 0) is 6.54 Å². The minimum absolute atomic E-state index is 0.0789. The quantitative estimate of drug-likeness (QED) is 0.665. The molecule has 5 unspecified atom stereocenters. The van der Waals surface area contributed by atoms with E-state index in [-0.39, 0.29) is 29.7 Å². The third-order valence-electron chi connectivity index (χ3n) is 7.55. The molecule has 31 heavy (non-hydrogen) atoms. The zero-order chi connectivity index (χ0) is 21.5. The summed E-state index contributed by atoms with van der Waals surface area (Å²) in [5.74, 6) is 0.652. The number of fused-ring (bicyclic) bond motifs is 1. The monoisotopic (exact) mass is 418 g/mol. The van der Waals surface area contributed by atoms with Crippen molar-refractivity contribution in [3.05, 3.63) is 70.0 Å². The summed E-state index contributed by atoms with van der Waals surface area (Å²) in [5.41, 5.74) is 12.3. The summed E-state index contributed by atoms with van der Waals surface area (Å²) in [5, 5.41) is 13.0. The Morgan fingerprint density at radius 2 is 1.84 bits per heavy atom. The van der Waals surface area contributed by atoms with Crippen LogP contribution in [0.25, 0.3) is 0 Å². The largest absolute Gasteiger partial charge is 0.316 e. The SMILES string of the molecule is CNCc1cc(C)c(C2CC3C(CC2C#N)NNC3c2ccc(C3CC3)cc2)c(F)c1. The summed E-state index contributed by atoms with van der Waals surface area (Å²) < 4.78 is 15.2. The number of nitrogens with zero attached hydrogens (tertiary/aromatic N) is 1. The Hall–Kier alpha value is -2.26. The molecule has 4 nitrogen and oxygen atoms in total. The van der Waals surface area contributed by atoms with Gasteiger partial charge < -0.3 is 5.32 Å². The van der Waals surface area contributed by atoms with Crippen LogP contribution in [0.15, 0.2) is 36.4 Å². The Labute approximate surface area is 184 Å². The van der Waals surface area contributed by atoms with E-state index in [1.54, 1.807) is 6.07 Å². The van der Waals surface area contributed by atoms with Gasteiger partial charge in [0.1, 0.15) is 5.82 Å². The summed E-state index contributed by atoms with van der Waals surface area (Å²) in [6.07, 6.45) is 4.17. The highest BCUT2D eigenvalue weighted by Crippen LogP contribution is 2.48. The molecule has 0 amide bonds. The van der Waals surface area contributed by atoms with Crippen molar-refractivity contribution in [2.24, 2.45) is 11.8 Å². The van der Waals surface area contributed by atoms with Crippen LogP contribution < -0.4 is 16.2 Å². The number of nitrogens with one attached hydrogen (secondary N) is 3. The van der Waals surface area contributed by atoms with Crippen LogP contribution in [-0.4, -0.2) is 13.1 Å². The minimum Gasteiger partial charge on any atom is -0.316 e. The first-order chi connectivity index (χ1) is 15.1. The fraction of sp³-hybridized carbons (Fsp3) is 0.500. The van der Waals surface area contributed by atoms with Crippen molar-refractivity contribution in [2.45, 2.75) is 63.1 Å². The predicted octanol–water partition coefficient (Wildman–Crippen LogP) is 4.58. The lowest BCUT2D eigenvalue weighted by Gasteiger charge is -2.37. The van der Waals surface area contributed by atoms with Crippen LogP contribution >= 0.6 is 0 Å². The van der Waals surface area contributed by atoms with Gasteiger partial charge in [0.2, 0.25) is 0 Å². The smallest absolute Gasteiger partial charge is 0.127 e. The lowest BCUT2D eigenvalue weighted by molar-refractivity contribution is 0.234. The average Bonchev–Trinajstić information content (AvgIpc) is 3.53. The molecule has 1 aliphatic heterocycles. The van der Waals surface area contributed by atoms with Crippen LogP contribution in [0, 0.1) is 35.9 Å². The number of halogens is 1. The van der Waals surface area contributed by atoms with Crippen LogP contribution in [0.2, 0.25) is 0 Å². The molecular formula is C26H31FN4. The normalized spacial score (nSPS) is 30.1. The number of hydrogen-bond donors (Lipinski definition) is 3. The van der Waals surface area contributed by atoms with Gasteiger partial charge in [-0.05, 0) is 85.4 Å². The molecule has 3 aliphatic rings. The van der Waals surface area contributed by atoms with E-state index in [4.69, 9.17) is 0 Å². The summed E-state index contributed by atoms with van der Waals surface area (Å²) in [7, 11) is 1.87. The number of benzene rings is 2. The molecule has 0 spiro atoms. The summed E-state index contributed by atoms with van der Waals surface area (Å²) in [4.78, 5) is 0. The molecule has 1 saturated heterocycles. The first kappa shape index (κ1) is 20.6. The van der Waals surface area contributed by atoms with Gasteiger partial charge in [0.25, 0.3) is 0 Å². The molecule has 0 radical (unpaired) electrons. The average molecular weight is 419 g/mol. The van der Waals surface area contributed by atoms with Crippen molar-refractivity contribution in [1.82, 2.24) is 16.2 Å². The zero-order valence-corrected chi connectivity index (χ0v) is 18.3. The van der Waals surface area contributed by atoms with Gasteiger partial charge in [0.05, 0.1) is 18.0 Å². The Morgan fingerprint density at radius 3 is 2.48 bits per heavy atom. The fourth-order valence-electron chi connectivity index (χ4n) is 5.86. The molecule has 3 N–H and O–H groups in total. The van der Waals surface area contributed by atoms with E-state index >= 15 is 4.39 Å². The van der Waals surface area contributed by atoms with E-state index in [0.717, 1.165) is 35.4 Å². The summed E-state index contributed by atoms with van der Waals surface area (Å²) in [6, 6.07) is 15.7. The van der Waals surface area contributed by atoms with E-state index in [1.165, 1.54) is 24.0 Å². The van der Waals surface area contributed by atoms with E-state index in [9.17, 15) is 5.26 Å². The van der Waals surface area contributed by atoms with E-state index in [1.807, 2.05) is 14.0 Å². The van der Waals surface area contributed by atoms with Gasteiger partial charge in [-0.15, -0.1) is 0 Å². The van der Waals surface area contributed by atoms with Crippen LogP contribution in [0.5, 0.6) is 0 Å². The number of hydrogen-bond acceptors (Lipinski definition) is 4. The molecule has 5 heteroatoms. The van der Waals surface area contributed by atoms with Gasteiger partial charge in [-0.2, -0.15) is 5.26 Å². The second-order valence-corrected chi connectivity index (χ2v) is 9.63. The topological polar surface area (TPSA) is 59.9 Å². The maximum absolute atomic E-state index is 15.2. The Morgan fingerprint density at radius 1 is 1.10 bits per heavy atom. The third kappa shape index (κ3) is 3.89. The Bertz CT molecular complexity index is 968. The molecule has 2 aromatic carbocycles. The highest BCUT2D eigenvalue weighted by molar-refractivity contribution is 5.38. The van der Waals surface area contributed by atoms with Crippen molar-refractivity contribution in [3.63, 3.8) is 0 Å². The number of rotatable bonds is 5. The summed E-state index contributed by atoms with van der Waals surface area (Å²) in [6.45, 7) is 2.62. The van der Waals surface area contributed by atoms with Crippen molar-refractivity contribution in [1.29, 1.82) is 5.26 Å². The first-order valence-corrected chi connectivity index (χ1v) is 11.5. The van der Waals surface area contributed by atoms with Crippen molar-refractivity contribution in [2.75, 3.05) is 7.05 Å². The predicted molar refractivity (Wildman–Crippen MR) is 120 cm³/mol. The molecule has 2 aromatic rings. The zero-order valence-electron chi connectivity index (χ0n) is 18.3. The van der Waals surface area contributed by atoms with Gasteiger partial charge in [0.15, 0.2) is 0 Å². The molecule has 3 fully saturated rings. The number of nitriles is 1. The Balaban J connectivity index is 1.42. The maximum atomic E-state index is 15.2. The van der Waals surface area contributed by atoms with Crippen molar-refractivity contribution in [3.8, 4) is 6.07 Å². The van der Waals surface area contributed by atoms with Crippen molar-refractivity contribution >= 4 is 0 Å².